The fraction of sp³-hybridized carbons (Fsp3) is 0.455. The number of pyridine rings is 1. The number of fused-ring (bicyclic) bond motifs is 3. The predicted octanol–water partition coefficient (Wildman–Crippen LogP) is 0.637. The van der Waals surface area contributed by atoms with Gasteiger partial charge in [-0.3, -0.25) is 4.79 Å². The summed E-state index contributed by atoms with van der Waals surface area (Å²) in [5.74, 6) is 0.611. The van der Waals surface area contributed by atoms with Gasteiger partial charge in [0.2, 0.25) is 0 Å². The van der Waals surface area contributed by atoms with Gasteiger partial charge in [0.05, 0.1) is 19.8 Å². The van der Waals surface area contributed by atoms with Crippen LogP contribution in [0.2, 0.25) is 0 Å². The molecule has 2 aromatic rings. The first-order chi connectivity index (χ1) is 13.9. The highest BCUT2D eigenvalue weighted by Crippen LogP contribution is 2.70. The van der Waals surface area contributed by atoms with Gasteiger partial charge >= 0.3 is 5.97 Å². The Morgan fingerprint density at radius 2 is 2.07 bits per heavy atom. The molecule has 1 aliphatic heterocycles. The molecule has 2 heterocycles. The summed E-state index contributed by atoms with van der Waals surface area (Å²) in [6.45, 7) is 0.842. The number of H-pyrrole nitrogens is 1. The molecule has 7 nitrogen and oxygen atoms in total. The maximum absolute atomic E-state index is 12.5. The number of aromatic amines is 1. The lowest BCUT2D eigenvalue weighted by atomic mass is 9.56. The van der Waals surface area contributed by atoms with Crippen LogP contribution in [0.25, 0.3) is 0 Å². The highest BCUT2D eigenvalue weighted by molar-refractivity contribution is 5.89. The summed E-state index contributed by atoms with van der Waals surface area (Å²) in [5, 5.41) is 15.6. The molecule has 1 unspecified atom stereocenters. The zero-order valence-electron chi connectivity index (χ0n) is 16.2. The van der Waals surface area contributed by atoms with E-state index in [2.05, 4.69) is 22.4 Å². The maximum atomic E-state index is 12.5. The number of esters is 1. The summed E-state index contributed by atoms with van der Waals surface area (Å²) in [6.07, 6.45) is 0.916. The van der Waals surface area contributed by atoms with Gasteiger partial charge < -0.3 is 24.9 Å². The second kappa shape index (κ2) is 5.29. The second-order valence-corrected chi connectivity index (χ2v) is 8.73. The molecule has 1 saturated heterocycles. The minimum absolute atomic E-state index is 0.0193. The Morgan fingerprint density at radius 3 is 2.83 bits per heavy atom. The molecule has 1 spiro atoms. The lowest BCUT2D eigenvalue weighted by Gasteiger charge is -2.54. The number of hydrogen-bond acceptors (Lipinski definition) is 6. The number of aliphatic hydroxyl groups is 1. The van der Waals surface area contributed by atoms with Crippen molar-refractivity contribution in [3.63, 3.8) is 0 Å². The van der Waals surface area contributed by atoms with Gasteiger partial charge in [-0.2, -0.15) is 0 Å². The van der Waals surface area contributed by atoms with Gasteiger partial charge in [-0.15, -0.1) is 0 Å². The molecule has 1 aromatic heterocycles. The summed E-state index contributed by atoms with van der Waals surface area (Å²) in [7, 11) is 2.90. The number of methoxy groups -OCH3 is 2. The minimum Gasteiger partial charge on any atom is -0.497 e. The van der Waals surface area contributed by atoms with E-state index in [1.54, 1.807) is 13.2 Å². The van der Waals surface area contributed by atoms with E-state index in [0.29, 0.717) is 12.8 Å². The minimum atomic E-state index is -0.988. The number of piperidine rings is 1. The van der Waals surface area contributed by atoms with Crippen molar-refractivity contribution in [2.45, 2.75) is 35.8 Å². The highest BCUT2D eigenvalue weighted by Gasteiger charge is 2.77. The quantitative estimate of drug-likeness (QED) is 0.647. The van der Waals surface area contributed by atoms with Crippen LogP contribution in [0.4, 0.5) is 0 Å². The molecule has 5 atom stereocenters. The fourth-order valence-electron chi connectivity index (χ4n) is 6.86. The number of carbonyl (C=O) groups excluding carboxylic acids is 1. The van der Waals surface area contributed by atoms with Gasteiger partial charge in [0.1, 0.15) is 11.3 Å². The average molecular weight is 394 g/mol. The largest absolute Gasteiger partial charge is 0.497 e. The van der Waals surface area contributed by atoms with Gasteiger partial charge in [-0.1, -0.05) is 6.07 Å². The smallest absolute Gasteiger partial charge is 0.343 e. The predicted molar refractivity (Wildman–Crippen MR) is 103 cm³/mol. The van der Waals surface area contributed by atoms with Crippen molar-refractivity contribution in [1.82, 2.24) is 10.3 Å². The van der Waals surface area contributed by atoms with Crippen LogP contribution in [-0.2, 0) is 23.0 Å². The molecule has 3 aliphatic carbocycles. The lowest BCUT2D eigenvalue weighted by Crippen LogP contribution is -2.68. The van der Waals surface area contributed by atoms with Crippen LogP contribution in [0.3, 0.4) is 0 Å². The topological polar surface area (TPSA) is 101 Å². The maximum Gasteiger partial charge on any atom is 0.343 e. The number of ether oxygens (including phenoxy) is 2. The van der Waals surface area contributed by atoms with E-state index in [1.807, 2.05) is 6.07 Å². The molecule has 0 radical (unpaired) electrons. The first-order valence-corrected chi connectivity index (χ1v) is 9.92. The van der Waals surface area contributed by atoms with Gasteiger partial charge in [0.25, 0.3) is 5.56 Å². The van der Waals surface area contributed by atoms with Crippen molar-refractivity contribution in [3.8, 4) is 5.75 Å². The van der Waals surface area contributed by atoms with E-state index in [-0.39, 0.29) is 23.4 Å². The number of hydrogen-bond donors (Lipinski definition) is 3. The monoisotopic (exact) mass is 394 g/mol. The van der Waals surface area contributed by atoms with Crippen molar-refractivity contribution in [2.24, 2.45) is 5.92 Å². The summed E-state index contributed by atoms with van der Waals surface area (Å²) < 4.78 is 10.2. The first kappa shape index (κ1) is 17.2. The molecule has 4 aliphatic rings. The standard InChI is InChI=1S/C22H22N2O5/c1-28-11-3-4-12-14(6-11)21-8-16-10(5-13(19(25)24-16)20(26)29-2)7-22(21,27)18-17(12)15(21)9-23-18/h3-6,15,17-18,23,27H,7-9H2,1-2H3,(H,24,25)/t15?,17-,18+,21+,22+/m0/s1. The van der Waals surface area contributed by atoms with Gasteiger partial charge in [0.15, 0.2) is 0 Å². The number of carbonyl (C=O) groups is 1. The third kappa shape index (κ3) is 1.77. The average Bonchev–Trinajstić information content (AvgIpc) is 3.33. The van der Waals surface area contributed by atoms with Crippen molar-refractivity contribution in [1.29, 1.82) is 0 Å². The highest BCUT2D eigenvalue weighted by atomic mass is 16.5. The Balaban J connectivity index is 1.58. The zero-order chi connectivity index (χ0) is 20.1. The third-order valence-corrected chi connectivity index (χ3v) is 7.91. The molecule has 4 bridgehead atoms. The Labute approximate surface area is 167 Å². The van der Waals surface area contributed by atoms with Crippen molar-refractivity contribution < 1.29 is 19.4 Å². The van der Waals surface area contributed by atoms with E-state index >= 15 is 0 Å². The van der Waals surface area contributed by atoms with Crippen molar-refractivity contribution in [2.75, 3.05) is 20.8 Å². The van der Waals surface area contributed by atoms with Crippen LogP contribution >= 0.6 is 0 Å². The van der Waals surface area contributed by atoms with Crippen molar-refractivity contribution >= 4 is 5.97 Å². The molecule has 1 aromatic carbocycles. The molecule has 3 N–H and O–H groups in total. The zero-order valence-corrected chi connectivity index (χ0v) is 16.2. The molecule has 29 heavy (non-hydrogen) atoms. The fourth-order valence-corrected chi connectivity index (χ4v) is 6.86. The molecular formula is C22H22N2O5. The number of aromatic nitrogens is 1. The first-order valence-electron chi connectivity index (χ1n) is 9.92. The van der Waals surface area contributed by atoms with Gasteiger partial charge in [-0.25, -0.2) is 4.79 Å². The molecule has 2 fully saturated rings. The molecule has 1 saturated carbocycles. The van der Waals surface area contributed by atoms with E-state index in [1.165, 1.54) is 12.7 Å². The number of rotatable bonds is 2. The summed E-state index contributed by atoms with van der Waals surface area (Å²) in [4.78, 5) is 27.4. The van der Waals surface area contributed by atoms with E-state index in [0.717, 1.165) is 29.1 Å². The van der Waals surface area contributed by atoms with Crippen LogP contribution in [0.5, 0.6) is 5.75 Å². The Hall–Kier alpha value is -2.64. The Kier molecular flexibility index (Phi) is 3.14. The SMILES string of the molecule is COC(=O)c1cc2c([nH]c1=O)C[C@@]13c4cc(OC)ccc4[C@H]4C1CN[C@H]4[C@]3(O)C2. The molecule has 0 amide bonds. The normalized spacial score (nSPS) is 35.1. The Bertz CT molecular complexity index is 1140. The lowest BCUT2D eigenvalue weighted by molar-refractivity contribution is -0.0733. The number of nitrogens with one attached hydrogen (secondary N) is 2. The third-order valence-electron chi connectivity index (χ3n) is 7.91. The molecule has 7 heteroatoms. The molecular weight excluding hydrogens is 372 g/mol. The van der Waals surface area contributed by atoms with Crippen LogP contribution in [0.1, 0.15) is 38.7 Å². The number of benzene rings is 1. The molecule has 150 valence electrons. The van der Waals surface area contributed by atoms with Crippen LogP contribution < -0.4 is 15.6 Å². The van der Waals surface area contributed by atoms with Crippen molar-refractivity contribution in [3.05, 3.63) is 62.6 Å². The van der Waals surface area contributed by atoms with E-state index in [9.17, 15) is 14.7 Å². The van der Waals surface area contributed by atoms with Crippen LogP contribution in [0.15, 0.2) is 29.1 Å². The van der Waals surface area contributed by atoms with E-state index < -0.39 is 22.5 Å². The summed E-state index contributed by atoms with van der Waals surface area (Å²) in [5.41, 5.74) is 2.09. The van der Waals surface area contributed by atoms with Gasteiger partial charge in [0, 0.05) is 35.9 Å². The summed E-state index contributed by atoms with van der Waals surface area (Å²) in [6, 6.07) is 7.71. The molecule has 6 rings (SSSR count). The Morgan fingerprint density at radius 1 is 1.24 bits per heavy atom. The second-order valence-electron chi connectivity index (χ2n) is 8.73. The van der Waals surface area contributed by atoms with Crippen LogP contribution in [-0.4, -0.2) is 48.5 Å². The van der Waals surface area contributed by atoms with Gasteiger partial charge in [-0.05, 0) is 47.4 Å². The van der Waals surface area contributed by atoms with E-state index in [4.69, 9.17) is 9.47 Å². The summed E-state index contributed by atoms with van der Waals surface area (Å²) >= 11 is 0. The van der Waals surface area contributed by atoms with Crippen LogP contribution in [0, 0.1) is 5.92 Å².